The van der Waals surface area contributed by atoms with Crippen molar-refractivity contribution in [2.75, 3.05) is 7.11 Å². The number of hydrogen-bond acceptors (Lipinski definition) is 3. The van der Waals surface area contributed by atoms with E-state index in [0.29, 0.717) is 6.42 Å². The third-order valence-electron chi connectivity index (χ3n) is 6.96. The van der Waals surface area contributed by atoms with Gasteiger partial charge in [-0.05, 0) is 17.5 Å². The summed E-state index contributed by atoms with van der Waals surface area (Å²) in [5.74, 6) is 0.115. The molecule has 3 aliphatic rings. The highest BCUT2D eigenvalue weighted by Gasteiger charge is 2.83. The van der Waals surface area contributed by atoms with E-state index in [4.69, 9.17) is 4.74 Å². The molecule has 0 spiro atoms. The Morgan fingerprint density at radius 1 is 1.14 bits per heavy atom. The van der Waals surface area contributed by atoms with E-state index in [0.717, 1.165) is 17.5 Å². The van der Waals surface area contributed by atoms with Crippen LogP contribution in [-0.2, 0) is 15.6 Å². The van der Waals surface area contributed by atoms with E-state index in [2.05, 4.69) is 26.0 Å². The molecule has 0 saturated heterocycles. The average molecular weight is 278 g/mol. The summed E-state index contributed by atoms with van der Waals surface area (Å²) in [6.07, 6.45) is 1.43. The molecule has 0 radical (unpaired) electrons. The summed E-state index contributed by atoms with van der Waals surface area (Å²) in [6.45, 7) is 4.28. The Morgan fingerprint density at radius 2 is 1.81 bits per heavy atom. The molecule has 1 aromatic carbocycles. The summed E-state index contributed by atoms with van der Waals surface area (Å²) >= 11 is 0. The van der Waals surface area contributed by atoms with Crippen LogP contribution in [0.5, 0.6) is 0 Å². The summed E-state index contributed by atoms with van der Waals surface area (Å²) in [7, 11) is 1.74. The molecule has 3 nitrogen and oxygen atoms in total. The molecule has 3 heteroatoms. The highest BCUT2D eigenvalue weighted by Crippen LogP contribution is 2.79. The Morgan fingerprint density at radius 3 is 2.38 bits per heavy atom. The van der Waals surface area contributed by atoms with Crippen LogP contribution in [-0.4, -0.2) is 12.7 Å². The third kappa shape index (κ3) is 0.937. The van der Waals surface area contributed by atoms with Gasteiger partial charge in [-0.15, -0.1) is 0 Å². The van der Waals surface area contributed by atoms with E-state index in [-0.39, 0.29) is 16.9 Å². The number of rotatable bonds is 1. The molecular formula is C18H18N2O. The number of benzene rings is 1. The van der Waals surface area contributed by atoms with Gasteiger partial charge in [-0.2, -0.15) is 10.5 Å². The van der Waals surface area contributed by atoms with Crippen LogP contribution in [0.4, 0.5) is 0 Å². The molecule has 3 aliphatic carbocycles. The van der Waals surface area contributed by atoms with Gasteiger partial charge in [-0.25, -0.2) is 0 Å². The maximum Gasteiger partial charge on any atom is 0.0909 e. The highest BCUT2D eigenvalue weighted by molar-refractivity contribution is 5.61. The van der Waals surface area contributed by atoms with Crippen molar-refractivity contribution in [1.29, 1.82) is 10.5 Å². The van der Waals surface area contributed by atoms with E-state index < -0.39 is 10.8 Å². The van der Waals surface area contributed by atoms with Crippen molar-refractivity contribution in [3.63, 3.8) is 0 Å². The molecule has 2 fully saturated rings. The van der Waals surface area contributed by atoms with Crippen molar-refractivity contribution < 1.29 is 4.74 Å². The number of ether oxygens (including phenoxy) is 1. The Kier molecular flexibility index (Phi) is 2.03. The van der Waals surface area contributed by atoms with Crippen LogP contribution in [0.15, 0.2) is 24.3 Å². The van der Waals surface area contributed by atoms with Crippen molar-refractivity contribution in [3.8, 4) is 12.1 Å². The third-order valence-corrected chi connectivity index (χ3v) is 6.96. The lowest BCUT2D eigenvalue weighted by Gasteiger charge is -2.59. The summed E-state index contributed by atoms with van der Waals surface area (Å²) in [6, 6.07) is 13.2. The van der Waals surface area contributed by atoms with Gasteiger partial charge in [0.05, 0.1) is 28.6 Å². The molecule has 2 saturated carbocycles. The van der Waals surface area contributed by atoms with Crippen LogP contribution < -0.4 is 0 Å². The van der Waals surface area contributed by atoms with E-state index in [9.17, 15) is 10.5 Å². The van der Waals surface area contributed by atoms with Gasteiger partial charge in [0.1, 0.15) is 0 Å². The molecule has 0 unspecified atom stereocenters. The van der Waals surface area contributed by atoms with Gasteiger partial charge in [-0.3, -0.25) is 0 Å². The number of fused-ring (bicyclic) bond motifs is 4. The monoisotopic (exact) mass is 278 g/mol. The molecular weight excluding hydrogens is 260 g/mol. The lowest BCUT2D eigenvalue weighted by Crippen LogP contribution is -2.66. The van der Waals surface area contributed by atoms with Crippen LogP contribution >= 0.6 is 0 Å². The summed E-state index contributed by atoms with van der Waals surface area (Å²) in [5.41, 5.74) is 0.413. The van der Waals surface area contributed by atoms with Crippen molar-refractivity contribution in [1.82, 2.24) is 0 Å². The fourth-order valence-electron chi connectivity index (χ4n) is 5.71. The van der Waals surface area contributed by atoms with E-state index in [1.807, 2.05) is 24.3 Å². The molecule has 106 valence electrons. The molecule has 2 bridgehead atoms. The molecule has 4 atom stereocenters. The zero-order valence-electron chi connectivity index (χ0n) is 12.6. The minimum absolute atomic E-state index is 0.115. The molecule has 4 rings (SSSR count). The fourth-order valence-corrected chi connectivity index (χ4v) is 5.71. The second-order valence-corrected chi connectivity index (χ2v) is 7.30. The molecule has 1 aromatic rings. The van der Waals surface area contributed by atoms with Gasteiger partial charge in [0.15, 0.2) is 0 Å². The zero-order chi connectivity index (χ0) is 15.1. The van der Waals surface area contributed by atoms with Crippen molar-refractivity contribution in [3.05, 3.63) is 35.4 Å². The van der Waals surface area contributed by atoms with Crippen LogP contribution in [0, 0.1) is 34.0 Å². The van der Waals surface area contributed by atoms with Crippen molar-refractivity contribution in [2.45, 2.75) is 43.1 Å². The Bertz CT molecular complexity index is 740. The summed E-state index contributed by atoms with van der Waals surface area (Å²) < 4.78 is 5.98. The average Bonchev–Trinajstić information content (AvgIpc) is 2.58. The lowest BCUT2D eigenvalue weighted by atomic mass is 9.47. The maximum atomic E-state index is 10.1. The quantitative estimate of drug-likeness (QED) is 0.793. The second kappa shape index (κ2) is 3.32. The predicted molar refractivity (Wildman–Crippen MR) is 77.3 cm³/mol. The number of nitrogens with zero attached hydrogens (tertiary/aromatic N) is 2. The van der Waals surface area contributed by atoms with Crippen LogP contribution in [0.1, 0.15) is 37.8 Å². The van der Waals surface area contributed by atoms with E-state index in [1.165, 1.54) is 0 Å². The topological polar surface area (TPSA) is 56.8 Å². The largest absolute Gasteiger partial charge is 0.377 e. The van der Waals surface area contributed by atoms with Crippen LogP contribution in [0.3, 0.4) is 0 Å². The predicted octanol–water partition coefficient (Wildman–Crippen LogP) is 3.06. The van der Waals surface area contributed by atoms with E-state index >= 15 is 0 Å². The van der Waals surface area contributed by atoms with Crippen LogP contribution in [0.2, 0.25) is 0 Å². The fraction of sp³-hybridized carbons (Fsp3) is 0.556. The molecule has 0 N–H and O–H groups in total. The minimum Gasteiger partial charge on any atom is -0.377 e. The normalized spacial score (nSPS) is 44.1. The minimum atomic E-state index is -0.554. The first kappa shape index (κ1) is 12.9. The van der Waals surface area contributed by atoms with Gasteiger partial charge in [0.2, 0.25) is 0 Å². The van der Waals surface area contributed by atoms with Crippen molar-refractivity contribution in [2.24, 2.45) is 11.3 Å². The lowest BCUT2D eigenvalue weighted by molar-refractivity contribution is -0.193. The smallest absolute Gasteiger partial charge is 0.0909 e. The standard InChI is InChI=1S/C18H18N2O/c1-15(2)17(11-20)8-14-16(10-19,9-18(14,15)21-3)12-6-4-5-7-13(12)17/h4-7,14H,8-9H2,1-3H3/t14-,16-,17-,18-/m1/s1. The first-order valence-electron chi connectivity index (χ1n) is 7.43. The summed E-state index contributed by atoms with van der Waals surface area (Å²) in [4.78, 5) is 0. The van der Waals surface area contributed by atoms with Gasteiger partial charge < -0.3 is 4.74 Å². The highest BCUT2D eigenvalue weighted by atomic mass is 16.5. The molecule has 0 amide bonds. The Labute approximate surface area is 125 Å². The first-order valence-corrected chi connectivity index (χ1v) is 7.43. The first-order chi connectivity index (χ1) is 9.96. The zero-order valence-corrected chi connectivity index (χ0v) is 12.6. The Hall–Kier alpha value is -1.84. The number of hydrogen-bond donors (Lipinski definition) is 0. The molecule has 0 heterocycles. The van der Waals surface area contributed by atoms with Crippen LogP contribution in [0.25, 0.3) is 0 Å². The number of nitriles is 2. The SMILES string of the molecule is CO[C@]12C[C@@]3(C#N)c4ccccc4[C@](C#N)(C[C@H]31)C2(C)C. The molecule has 0 aliphatic heterocycles. The van der Waals surface area contributed by atoms with Gasteiger partial charge in [0, 0.05) is 24.9 Å². The maximum absolute atomic E-state index is 10.1. The van der Waals surface area contributed by atoms with E-state index in [1.54, 1.807) is 7.11 Å². The van der Waals surface area contributed by atoms with Gasteiger partial charge in [-0.1, -0.05) is 38.1 Å². The van der Waals surface area contributed by atoms with Gasteiger partial charge >= 0.3 is 0 Å². The molecule has 21 heavy (non-hydrogen) atoms. The second-order valence-electron chi connectivity index (χ2n) is 7.30. The Balaban J connectivity index is 2.13. The van der Waals surface area contributed by atoms with Gasteiger partial charge in [0.25, 0.3) is 0 Å². The molecule has 0 aromatic heterocycles. The number of methoxy groups -OCH3 is 1. The summed E-state index contributed by atoms with van der Waals surface area (Å²) in [5, 5.41) is 20.0. The van der Waals surface area contributed by atoms with Crippen molar-refractivity contribution >= 4 is 0 Å².